The van der Waals surface area contributed by atoms with Gasteiger partial charge in [0.05, 0.1) is 12.7 Å². The number of ether oxygens (including phenoxy) is 2. The number of rotatable bonds is 2. The predicted molar refractivity (Wildman–Crippen MR) is 82.3 cm³/mol. The third-order valence-corrected chi connectivity index (χ3v) is 4.81. The van der Waals surface area contributed by atoms with Crippen molar-refractivity contribution in [3.05, 3.63) is 35.4 Å². The van der Waals surface area contributed by atoms with Gasteiger partial charge in [-0.05, 0) is 45.8 Å². The molecule has 2 aliphatic heterocycles. The molecule has 2 heterocycles. The van der Waals surface area contributed by atoms with E-state index < -0.39 is 5.60 Å². The van der Waals surface area contributed by atoms with Crippen molar-refractivity contribution in [2.75, 3.05) is 7.11 Å². The summed E-state index contributed by atoms with van der Waals surface area (Å²) in [5, 5.41) is 0. The van der Waals surface area contributed by atoms with Gasteiger partial charge in [-0.15, -0.1) is 0 Å². The number of para-hydroxylation sites is 1. The Bertz CT molecular complexity index is 615. The maximum atomic E-state index is 12.8. The number of fused-ring (bicyclic) bond motifs is 3. The van der Waals surface area contributed by atoms with Gasteiger partial charge in [0.1, 0.15) is 11.4 Å². The van der Waals surface area contributed by atoms with Gasteiger partial charge >= 0.3 is 0 Å². The molecule has 0 spiro atoms. The average Bonchev–Trinajstić information content (AvgIpc) is 2.43. The fourth-order valence-corrected chi connectivity index (χ4v) is 3.74. The molecule has 0 radical (unpaired) electrons. The van der Waals surface area contributed by atoms with Gasteiger partial charge in [-0.25, -0.2) is 0 Å². The molecule has 0 aromatic heterocycles. The van der Waals surface area contributed by atoms with Crippen molar-refractivity contribution in [1.29, 1.82) is 0 Å². The Labute approximate surface area is 125 Å². The molecule has 112 valence electrons. The Hall–Kier alpha value is -1.61. The van der Waals surface area contributed by atoms with Crippen LogP contribution in [0.4, 0.5) is 0 Å². The van der Waals surface area contributed by atoms with Gasteiger partial charge in [0, 0.05) is 17.1 Å². The second-order valence-electron chi connectivity index (χ2n) is 6.70. The zero-order valence-corrected chi connectivity index (χ0v) is 13.1. The number of hydrogen-bond donors (Lipinski definition) is 0. The summed E-state index contributed by atoms with van der Waals surface area (Å²) in [6.07, 6.45) is 3.80. The lowest BCUT2D eigenvalue weighted by atomic mass is 9.65. The zero-order chi connectivity index (χ0) is 15.3. The Morgan fingerprint density at radius 1 is 1.29 bits per heavy atom. The Balaban J connectivity index is 2.09. The first-order chi connectivity index (χ1) is 9.87. The van der Waals surface area contributed by atoms with Crippen LogP contribution in [0, 0.1) is 5.92 Å². The van der Waals surface area contributed by atoms with Crippen LogP contribution in [0.3, 0.4) is 0 Å². The number of hydrogen-bond acceptors (Lipinski definition) is 3. The van der Waals surface area contributed by atoms with Crippen LogP contribution in [0.5, 0.6) is 5.75 Å². The molecule has 0 unspecified atom stereocenters. The lowest BCUT2D eigenvalue weighted by molar-refractivity contribution is -0.206. The third kappa shape index (κ3) is 2.20. The second kappa shape index (κ2) is 4.70. The molecule has 4 rings (SSSR count). The van der Waals surface area contributed by atoms with Crippen molar-refractivity contribution >= 4 is 11.9 Å². The molecule has 21 heavy (non-hydrogen) atoms. The van der Waals surface area contributed by atoms with Crippen LogP contribution in [0.25, 0.3) is 6.08 Å². The summed E-state index contributed by atoms with van der Waals surface area (Å²) < 4.78 is 11.5. The average molecular weight is 286 g/mol. The lowest BCUT2D eigenvalue weighted by Gasteiger charge is -2.53. The molecule has 1 aliphatic carbocycles. The lowest BCUT2D eigenvalue weighted by Crippen LogP contribution is -2.60. The highest BCUT2D eigenvalue weighted by atomic mass is 16.5. The molecule has 3 nitrogen and oxygen atoms in total. The second-order valence-corrected chi connectivity index (χ2v) is 6.70. The van der Waals surface area contributed by atoms with Gasteiger partial charge in [0.2, 0.25) is 0 Å². The maximum absolute atomic E-state index is 12.8. The van der Waals surface area contributed by atoms with Crippen molar-refractivity contribution in [3.63, 3.8) is 0 Å². The van der Waals surface area contributed by atoms with E-state index in [1.807, 2.05) is 37.3 Å². The SMILES string of the molecule is COc1ccccc1/C=C1\C(=O)[C@]2(C)CC[C@H]1C(C)(C)O2. The molecular weight excluding hydrogens is 264 g/mol. The van der Waals surface area contributed by atoms with Gasteiger partial charge in [-0.2, -0.15) is 0 Å². The highest BCUT2D eigenvalue weighted by Gasteiger charge is 2.56. The van der Waals surface area contributed by atoms with Gasteiger partial charge in [0.25, 0.3) is 0 Å². The molecule has 2 bridgehead atoms. The molecule has 3 aliphatic rings. The summed E-state index contributed by atoms with van der Waals surface area (Å²) in [4.78, 5) is 12.8. The number of Topliss-reactive ketones (excluding diaryl/α,β-unsaturated/α-hetero) is 1. The van der Waals surface area contributed by atoms with Crippen molar-refractivity contribution in [2.24, 2.45) is 5.92 Å². The van der Waals surface area contributed by atoms with Gasteiger partial charge in [0.15, 0.2) is 5.78 Å². The molecule has 2 atom stereocenters. The summed E-state index contributed by atoms with van der Waals surface area (Å²) >= 11 is 0. The van der Waals surface area contributed by atoms with E-state index in [9.17, 15) is 4.79 Å². The number of carbonyl (C=O) groups excluding carboxylic acids is 1. The van der Waals surface area contributed by atoms with Crippen LogP contribution in [-0.4, -0.2) is 24.1 Å². The fraction of sp³-hybridized carbons (Fsp3) is 0.500. The first kappa shape index (κ1) is 14.3. The highest BCUT2D eigenvalue weighted by molar-refractivity contribution is 6.07. The topological polar surface area (TPSA) is 35.5 Å². The summed E-state index contributed by atoms with van der Waals surface area (Å²) in [6, 6.07) is 7.80. The Kier molecular flexibility index (Phi) is 3.21. The zero-order valence-electron chi connectivity index (χ0n) is 13.1. The van der Waals surface area contributed by atoms with Crippen LogP contribution >= 0.6 is 0 Å². The Morgan fingerprint density at radius 3 is 2.67 bits per heavy atom. The van der Waals surface area contributed by atoms with E-state index in [0.717, 1.165) is 29.7 Å². The minimum Gasteiger partial charge on any atom is -0.496 e. The normalized spacial score (nSPS) is 32.5. The van der Waals surface area contributed by atoms with Crippen molar-refractivity contribution < 1.29 is 14.3 Å². The van der Waals surface area contributed by atoms with E-state index in [-0.39, 0.29) is 17.3 Å². The smallest absolute Gasteiger partial charge is 0.190 e. The summed E-state index contributed by atoms with van der Waals surface area (Å²) in [5.41, 5.74) is 0.862. The molecule has 1 aromatic carbocycles. The predicted octanol–water partition coefficient (Wildman–Crippen LogP) is 3.63. The van der Waals surface area contributed by atoms with Crippen LogP contribution in [-0.2, 0) is 9.53 Å². The van der Waals surface area contributed by atoms with E-state index in [0.29, 0.717) is 0 Å². The fourth-order valence-electron chi connectivity index (χ4n) is 3.74. The minimum atomic E-state index is -0.675. The first-order valence-corrected chi connectivity index (χ1v) is 7.47. The number of ketones is 1. The van der Waals surface area contributed by atoms with E-state index >= 15 is 0 Å². The van der Waals surface area contributed by atoms with Gasteiger partial charge < -0.3 is 9.47 Å². The molecule has 2 saturated heterocycles. The molecular formula is C18H22O3. The number of methoxy groups -OCH3 is 1. The Morgan fingerprint density at radius 2 is 2.00 bits per heavy atom. The monoisotopic (exact) mass is 286 g/mol. The largest absolute Gasteiger partial charge is 0.496 e. The third-order valence-electron chi connectivity index (χ3n) is 4.81. The highest BCUT2D eigenvalue weighted by Crippen LogP contribution is 2.50. The first-order valence-electron chi connectivity index (χ1n) is 7.47. The van der Waals surface area contributed by atoms with E-state index in [1.165, 1.54) is 0 Å². The van der Waals surface area contributed by atoms with Crippen LogP contribution < -0.4 is 4.74 Å². The van der Waals surface area contributed by atoms with E-state index in [4.69, 9.17) is 9.47 Å². The van der Waals surface area contributed by atoms with Crippen molar-refractivity contribution in [1.82, 2.24) is 0 Å². The van der Waals surface area contributed by atoms with E-state index in [1.54, 1.807) is 7.11 Å². The molecule has 1 saturated carbocycles. The molecule has 3 fully saturated rings. The quantitative estimate of drug-likeness (QED) is 0.779. The van der Waals surface area contributed by atoms with Gasteiger partial charge in [-0.3, -0.25) is 4.79 Å². The summed E-state index contributed by atoms with van der Waals surface area (Å²) in [7, 11) is 1.65. The number of carbonyl (C=O) groups is 1. The standard InChI is InChI=1S/C18H22O3/c1-17(2)14-9-10-18(3,21-17)16(19)13(14)11-12-7-5-6-8-15(12)20-4/h5-8,11,14H,9-10H2,1-4H3/b13-11-/t14-,18+/m1/s1. The summed E-state index contributed by atoms with van der Waals surface area (Å²) in [5.74, 6) is 1.07. The van der Waals surface area contributed by atoms with Crippen LogP contribution in [0.15, 0.2) is 29.8 Å². The van der Waals surface area contributed by atoms with Crippen molar-refractivity contribution in [2.45, 2.75) is 44.8 Å². The van der Waals surface area contributed by atoms with Crippen LogP contribution in [0.2, 0.25) is 0 Å². The number of benzene rings is 1. The van der Waals surface area contributed by atoms with Crippen LogP contribution in [0.1, 0.15) is 39.2 Å². The maximum Gasteiger partial charge on any atom is 0.190 e. The minimum absolute atomic E-state index is 0.129. The van der Waals surface area contributed by atoms with Gasteiger partial charge in [-0.1, -0.05) is 18.2 Å². The van der Waals surface area contributed by atoms with Crippen molar-refractivity contribution in [3.8, 4) is 5.75 Å². The molecule has 1 aromatic rings. The molecule has 0 N–H and O–H groups in total. The summed E-state index contributed by atoms with van der Waals surface area (Å²) in [6.45, 7) is 6.08. The molecule has 3 heteroatoms. The van der Waals surface area contributed by atoms with E-state index in [2.05, 4.69) is 13.8 Å². The molecule has 0 amide bonds.